The lowest BCUT2D eigenvalue weighted by molar-refractivity contribution is -0.123. The Morgan fingerprint density at radius 1 is 1.19 bits per heavy atom. The van der Waals surface area contributed by atoms with Crippen LogP contribution in [0, 0.1) is 0 Å². The van der Waals surface area contributed by atoms with Gasteiger partial charge in [-0.2, -0.15) is 4.31 Å². The molecule has 3 amide bonds. The Kier molecular flexibility index (Phi) is 3.22. The Morgan fingerprint density at radius 3 is 2.52 bits per heavy atom. The Hall–Kier alpha value is -1.93. The van der Waals surface area contributed by atoms with Crippen LogP contribution in [-0.2, 0) is 20.6 Å². The third-order valence-corrected chi connectivity index (χ3v) is 5.63. The van der Waals surface area contributed by atoms with Gasteiger partial charge in [0.1, 0.15) is 5.54 Å². The van der Waals surface area contributed by atoms with Crippen molar-refractivity contribution in [3.05, 3.63) is 35.9 Å². The normalized spacial score (nSPS) is 26.1. The predicted octanol–water partition coefficient (Wildman–Crippen LogP) is -0.200. The molecule has 0 bridgehead atoms. The van der Waals surface area contributed by atoms with Crippen LogP contribution in [0.4, 0.5) is 4.79 Å². The maximum Gasteiger partial charge on any atom is 0.322 e. The van der Waals surface area contributed by atoms with Gasteiger partial charge in [-0.3, -0.25) is 10.1 Å². The monoisotopic (exact) mass is 309 g/mol. The summed E-state index contributed by atoms with van der Waals surface area (Å²) in [4.78, 5) is 23.1. The highest BCUT2D eigenvalue weighted by atomic mass is 32.2. The van der Waals surface area contributed by atoms with Crippen molar-refractivity contribution in [1.82, 2.24) is 14.9 Å². The van der Waals surface area contributed by atoms with Crippen molar-refractivity contribution in [3.63, 3.8) is 0 Å². The number of nitrogens with zero attached hydrogens (tertiary/aromatic N) is 1. The van der Waals surface area contributed by atoms with Crippen molar-refractivity contribution in [2.24, 2.45) is 0 Å². The largest absolute Gasteiger partial charge is 0.322 e. The van der Waals surface area contributed by atoms with E-state index in [1.807, 2.05) is 6.07 Å². The molecule has 112 valence electrons. The summed E-state index contributed by atoms with van der Waals surface area (Å²) < 4.78 is 26.1. The molecule has 1 atom stereocenters. The van der Waals surface area contributed by atoms with Crippen LogP contribution < -0.4 is 10.6 Å². The van der Waals surface area contributed by atoms with Gasteiger partial charge in [-0.25, -0.2) is 13.2 Å². The SMILES string of the molecule is O=C1NC(=O)C2(CCN(S(=O)(=O)Cc3ccccc3)C2)N1. The number of carbonyl (C=O) groups is 2. The summed E-state index contributed by atoms with van der Waals surface area (Å²) in [6.07, 6.45) is 0.290. The Morgan fingerprint density at radius 2 is 1.90 bits per heavy atom. The van der Waals surface area contributed by atoms with Crippen LogP contribution in [0.2, 0.25) is 0 Å². The summed E-state index contributed by atoms with van der Waals surface area (Å²) >= 11 is 0. The van der Waals surface area contributed by atoms with E-state index in [0.717, 1.165) is 0 Å². The van der Waals surface area contributed by atoms with E-state index >= 15 is 0 Å². The van der Waals surface area contributed by atoms with Gasteiger partial charge in [0.2, 0.25) is 10.0 Å². The molecular formula is C13H15N3O4S. The van der Waals surface area contributed by atoms with E-state index in [0.29, 0.717) is 12.0 Å². The summed E-state index contributed by atoms with van der Waals surface area (Å²) in [5, 5.41) is 4.70. The fourth-order valence-corrected chi connectivity index (χ4v) is 4.29. The number of benzene rings is 1. The topological polar surface area (TPSA) is 95.6 Å². The van der Waals surface area contributed by atoms with Crippen LogP contribution in [0.1, 0.15) is 12.0 Å². The molecule has 3 rings (SSSR count). The Bertz CT molecular complexity index is 689. The Balaban J connectivity index is 1.77. The third kappa shape index (κ3) is 2.52. The highest BCUT2D eigenvalue weighted by Gasteiger charge is 2.52. The molecule has 2 N–H and O–H groups in total. The Labute approximate surface area is 122 Å². The summed E-state index contributed by atoms with van der Waals surface area (Å²) in [6.45, 7) is 0.211. The van der Waals surface area contributed by atoms with E-state index in [-0.39, 0.29) is 18.8 Å². The summed E-state index contributed by atoms with van der Waals surface area (Å²) in [5.41, 5.74) is -0.417. The molecule has 1 unspecified atom stereocenters. The molecule has 21 heavy (non-hydrogen) atoms. The quantitative estimate of drug-likeness (QED) is 0.756. The molecule has 0 aliphatic carbocycles. The molecular weight excluding hydrogens is 294 g/mol. The lowest BCUT2D eigenvalue weighted by atomic mass is 10.00. The first-order valence-electron chi connectivity index (χ1n) is 6.57. The van der Waals surface area contributed by atoms with E-state index in [1.165, 1.54) is 4.31 Å². The number of rotatable bonds is 3. The van der Waals surface area contributed by atoms with E-state index < -0.39 is 27.5 Å². The molecule has 0 radical (unpaired) electrons. The van der Waals surface area contributed by atoms with Crippen molar-refractivity contribution in [1.29, 1.82) is 0 Å². The average molecular weight is 309 g/mol. The van der Waals surface area contributed by atoms with E-state index in [9.17, 15) is 18.0 Å². The van der Waals surface area contributed by atoms with Crippen LogP contribution in [-0.4, -0.2) is 43.3 Å². The number of urea groups is 1. The van der Waals surface area contributed by atoms with Gasteiger partial charge in [-0.1, -0.05) is 30.3 Å². The van der Waals surface area contributed by atoms with E-state index in [2.05, 4.69) is 10.6 Å². The minimum absolute atomic E-state index is 0.0141. The fourth-order valence-electron chi connectivity index (χ4n) is 2.70. The van der Waals surface area contributed by atoms with Gasteiger partial charge in [0, 0.05) is 13.1 Å². The van der Waals surface area contributed by atoms with Gasteiger partial charge in [0.15, 0.2) is 0 Å². The molecule has 2 heterocycles. The number of hydrogen-bond acceptors (Lipinski definition) is 4. The number of amides is 3. The fraction of sp³-hybridized carbons (Fsp3) is 0.385. The number of sulfonamides is 1. The van der Waals surface area contributed by atoms with Crippen LogP contribution in [0.25, 0.3) is 0 Å². The molecule has 8 heteroatoms. The zero-order chi connectivity index (χ0) is 15.1. The van der Waals surface area contributed by atoms with Crippen molar-refractivity contribution >= 4 is 22.0 Å². The van der Waals surface area contributed by atoms with Crippen molar-refractivity contribution in [2.45, 2.75) is 17.7 Å². The highest BCUT2D eigenvalue weighted by molar-refractivity contribution is 7.88. The van der Waals surface area contributed by atoms with Crippen LogP contribution >= 0.6 is 0 Å². The first kappa shape index (κ1) is 14.0. The highest BCUT2D eigenvalue weighted by Crippen LogP contribution is 2.27. The maximum atomic E-state index is 12.4. The minimum Gasteiger partial charge on any atom is -0.322 e. The lowest BCUT2D eigenvalue weighted by Gasteiger charge is -2.21. The third-order valence-electron chi connectivity index (χ3n) is 3.83. The van der Waals surface area contributed by atoms with Crippen LogP contribution in [0.5, 0.6) is 0 Å². The van der Waals surface area contributed by atoms with E-state index in [1.54, 1.807) is 24.3 Å². The summed E-state index contributed by atoms with van der Waals surface area (Å²) in [7, 11) is -3.52. The second-order valence-electron chi connectivity index (χ2n) is 5.32. The van der Waals surface area contributed by atoms with Gasteiger partial charge >= 0.3 is 6.03 Å². The van der Waals surface area contributed by atoms with Crippen molar-refractivity contribution in [3.8, 4) is 0 Å². The minimum atomic E-state index is -3.52. The molecule has 0 saturated carbocycles. The second kappa shape index (κ2) is 4.81. The number of imide groups is 1. The summed E-state index contributed by atoms with van der Waals surface area (Å²) in [6, 6.07) is 8.30. The first-order valence-corrected chi connectivity index (χ1v) is 8.18. The molecule has 7 nitrogen and oxygen atoms in total. The summed E-state index contributed by atoms with van der Waals surface area (Å²) in [5.74, 6) is -0.565. The lowest BCUT2D eigenvalue weighted by Crippen LogP contribution is -2.49. The molecule has 2 aliphatic heterocycles. The first-order chi connectivity index (χ1) is 9.91. The van der Waals surface area contributed by atoms with Gasteiger partial charge < -0.3 is 5.32 Å². The average Bonchev–Trinajstić information content (AvgIpc) is 2.96. The molecule has 2 saturated heterocycles. The van der Waals surface area contributed by atoms with Crippen LogP contribution in [0.3, 0.4) is 0 Å². The molecule has 1 aromatic rings. The smallest absolute Gasteiger partial charge is 0.322 e. The van der Waals surface area contributed by atoms with Gasteiger partial charge in [-0.05, 0) is 12.0 Å². The molecule has 2 fully saturated rings. The van der Waals surface area contributed by atoms with Gasteiger partial charge in [0.05, 0.1) is 5.75 Å². The molecule has 1 spiro atoms. The zero-order valence-electron chi connectivity index (χ0n) is 11.2. The molecule has 0 aromatic heterocycles. The van der Waals surface area contributed by atoms with Crippen LogP contribution in [0.15, 0.2) is 30.3 Å². The van der Waals surface area contributed by atoms with Gasteiger partial charge in [-0.15, -0.1) is 0 Å². The molecule has 2 aliphatic rings. The van der Waals surface area contributed by atoms with Crippen molar-refractivity contribution < 1.29 is 18.0 Å². The van der Waals surface area contributed by atoms with E-state index in [4.69, 9.17) is 0 Å². The number of nitrogens with one attached hydrogen (secondary N) is 2. The standard InChI is InChI=1S/C13H15N3O4S/c17-11-13(15-12(18)14-11)6-7-16(9-13)21(19,20)8-10-4-2-1-3-5-10/h1-5H,6-9H2,(H2,14,15,17,18). The molecule has 1 aromatic carbocycles. The number of carbonyl (C=O) groups excluding carboxylic acids is 2. The van der Waals surface area contributed by atoms with Gasteiger partial charge in [0.25, 0.3) is 5.91 Å². The zero-order valence-corrected chi connectivity index (χ0v) is 12.0. The van der Waals surface area contributed by atoms with Crippen molar-refractivity contribution in [2.75, 3.05) is 13.1 Å². The number of hydrogen-bond donors (Lipinski definition) is 2. The second-order valence-corrected chi connectivity index (χ2v) is 7.28. The predicted molar refractivity (Wildman–Crippen MR) is 74.7 cm³/mol. The maximum absolute atomic E-state index is 12.4.